The van der Waals surface area contributed by atoms with Crippen LogP contribution in [0, 0.1) is 19.7 Å². The number of nitrogens with zero attached hydrogens (tertiary/aromatic N) is 2. The van der Waals surface area contributed by atoms with Crippen LogP contribution in [0.15, 0.2) is 47.4 Å². The quantitative estimate of drug-likeness (QED) is 0.827. The Labute approximate surface area is 153 Å². The van der Waals surface area contributed by atoms with Crippen LogP contribution in [0.1, 0.15) is 21.5 Å². The summed E-state index contributed by atoms with van der Waals surface area (Å²) in [5.74, 6) is -0.611. The van der Waals surface area contributed by atoms with E-state index in [4.69, 9.17) is 0 Å². The third kappa shape index (κ3) is 3.50. The zero-order valence-electron chi connectivity index (χ0n) is 14.8. The Hall–Kier alpha value is -2.25. The first kappa shape index (κ1) is 18.5. The third-order valence-electron chi connectivity index (χ3n) is 4.62. The van der Waals surface area contributed by atoms with Gasteiger partial charge in [0.1, 0.15) is 5.82 Å². The van der Waals surface area contributed by atoms with Crippen molar-refractivity contribution >= 4 is 15.9 Å². The first-order valence-electron chi connectivity index (χ1n) is 8.42. The summed E-state index contributed by atoms with van der Waals surface area (Å²) in [5, 5.41) is 0. The summed E-state index contributed by atoms with van der Waals surface area (Å²) in [5.41, 5.74) is 1.84. The SMILES string of the molecule is Cc1cccc(C)c1S(=O)(=O)N1CCN(C(=O)c2ccc(F)cc2)CC1. The highest BCUT2D eigenvalue weighted by molar-refractivity contribution is 7.89. The highest BCUT2D eigenvalue weighted by atomic mass is 32.2. The van der Waals surface area contributed by atoms with Gasteiger partial charge in [0.05, 0.1) is 4.90 Å². The molecule has 0 aliphatic carbocycles. The first-order valence-corrected chi connectivity index (χ1v) is 9.86. The molecule has 1 amide bonds. The fraction of sp³-hybridized carbons (Fsp3) is 0.316. The van der Waals surface area contributed by atoms with E-state index < -0.39 is 15.8 Å². The molecule has 0 saturated carbocycles. The zero-order valence-corrected chi connectivity index (χ0v) is 15.6. The molecule has 2 aromatic carbocycles. The Kier molecular flexibility index (Phi) is 5.11. The maximum Gasteiger partial charge on any atom is 0.253 e. The lowest BCUT2D eigenvalue weighted by Crippen LogP contribution is -2.50. The van der Waals surface area contributed by atoms with Crippen LogP contribution in [0.4, 0.5) is 4.39 Å². The average molecular weight is 376 g/mol. The molecule has 1 aliphatic heterocycles. The number of aryl methyl sites for hydroxylation is 2. The van der Waals surface area contributed by atoms with Crippen LogP contribution >= 0.6 is 0 Å². The lowest BCUT2D eigenvalue weighted by atomic mass is 10.2. The van der Waals surface area contributed by atoms with Crippen LogP contribution < -0.4 is 0 Å². The number of rotatable bonds is 3. The van der Waals surface area contributed by atoms with Crippen molar-refractivity contribution in [2.24, 2.45) is 0 Å². The van der Waals surface area contributed by atoms with E-state index in [1.165, 1.54) is 28.6 Å². The van der Waals surface area contributed by atoms with Gasteiger partial charge in [0.25, 0.3) is 5.91 Å². The van der Waals surface area contributed by atoms with E-state index in [9.17, 15) is 17.6 Å². The highest BCUT2D eigenvalue weighted by Gasteiger charge is 2.32. The van der Waals surface area contributed by atoms with Gasteiger partial charge < -0.3 is 4.90 Å². The number of amides is 1. The van der Waals surface area contributed by atoms with Crippen molar-refractivity contribution in [3.63, 3.8) is 0 Å². The first-order chi connectivity index (χ1) is 12.3. The molecule has 5 nitrogen and oxygen atoms in total. The molecule has 1 saturated heterocycles. The molecular weight excluding hydrogens is 355 g/mol. The molecule has 26 heavy (non-hydrogen) atoms. The standard InChI is InChI=1S/C19H21FN2O3S/c1-14-4-3-5-15(2)18(14)26(24,25)22-12-10-21(11-13-22)19(23)16-6-8-17(20)9-7-16/h3-9H,10-13H2,1-2H3. The fourth-order valence-corrected chi connectivity index (χ4v) is 5.09. The van der Waals surface area contributed by atoms with E-state index in [1.807, 2.05) is 6.07 Å². The van der Waals surface area contributed by atoms with Crippen LogP contribution in [0.25, 0.3) is 0 Å². The molecule has 138 valence electrons. The summed E-state index contributed by atoms with van der Waals surface area (Å²) in [4.78, 5) is 14.4. The van der Waals surface area contributed by atoms with E-state index in [0.717, 1.165) is 11.1 Å². The monoisotopic (exact) mass is 376 g/mol. The second-order valence-corrected chi connectivity index (χ2v) is 8.30. The Morgan fingerprint density at radius 1 is 0.923 bits per heavy atom. The molecule has 2 aromatic rings. The molecule has 0 radical (unpaired) electrons. The van der Waals surface area contributed by atoms with E-state index >= 15 is 0 Å². The van der Waals surface area contributed by atoms with E-state index in [-0.39, 0.29) is 19.0 Å². The van der Waals surface area contributed by atoms with Gasteiger partial charge in [-0.3, -0.25) is 4.79 Å². The van der Waals surface area contributed by atoms with Crippen LogP contribution in [0.3, 0.4) is 0 Å². The number of carbonyl (C=O) groups excluding carboxylic acids is 1. The molecule has 3 rings (SSSR count). The van der Waals surface area contributed by atoms with Crippen LogP contribution in [-0.4, -0.2) is 49.7 Å². The lowest BCUT2D eigenvalue weighted by Gasteiger charge is -2.34. The van der Waals surface area contributed by atoms with E-state index in [0.29, 0.717) is 23.5 Å². The molecule has 0 aromatic heterocycles. The van der Waals surface area contributed by atoms with Crippen molar-refractivity contribution in [3.8, 4) is 0 Å². The van der Waals surface area contributed by atoms with Crippen molar-refractivity contribution in [2.75, 3.05) is 26.2 Å². The zero-order chi connectivity index (χ0) is 18.9. The van der Waals surface area contributed by atoms with Crippen molar-refractivity contribution in [3.05, 3.63) is 65.0 Å². The normalized spacial score (nSPS) is 15.9. The summed E-state index contributed by atoms with van der Waals surface area (Å²) < 4.78 is 40.4. The molecular formula is C19H21FN2O3S. The number of piperazine rings is 1. The van der Waals surface area contributed by atoms with Gasteiger partial charge in [-0.25, -0.2) is 12.8 Å². The second-order valence-electron chi connectivity index (χ2n) is 6.42. The molecule has 1 fully saturated rings. The molecule has 0 spiro atoms. The van der Waals surface area contributed by atoms with Gasteiger partial charge in [0, 0.05) is 31.7 Å². The summed E-state index contributed by atoms with van der Waals surface area (Å²) in [7, 11) is -3.60. The predicted octanol–water partition coefficient (Wildman–Crippen LogP) is 2.59. The number of benzene rings is 2. The van der Waals surface area contributed by atoms with Gasteiger partial charge in [-0.2, -0.15) is 4.31 Å². The van der Waals surface area contributed by atoms with Gasteiger partial charge >= 0.3 is 0 Å². The molecule has 0 unspecified atom stereocenters. The van der Waals surface area contributed by atoms with Gasteiger partial charge in [-0.05, 0) is 49.2 Å². The predicted molar refractivity (Wildman–Crippen MR) is 97.0 cm³/mol. The molecule has 7 heteroatoms. The summed E-state index contributed by atoms with van der Waals surface area (Å²) in [6, 6.07) is 10.8. The number of carbonyl (C=O) groups is 1. The van der Waals surface area contributed by atoms with Crippen molar-refractivity contribution in [1.29, 1.82) is 0 Å². The van der Waals surface area contributed by atoms with Crippen LogP contribution in [-0.2, 0) is 10.0 Å². The Bertz CT molecular complexity index is 898. The van der Waals surface area contributed by atoms with Crippen LogP contribution in [0.2, 0.25) is 0 Å². The van der Waals surface area contributed by atoms with Crippen molar-refractivity contribution < 1.29 is 17.6 Å². The van der Waals surface area contributed by atoms with Gasteiger partial charge in [0.2, 0.25) is 10.0 Å². The largest absolute Gasteiger partial charge is 0.336 e. The molecule has 0 atom stereocenters. The topological polar surface area (TPSA) is 57.7 Å². The second kappa shape index (κ2) is 7.17. The maximum atomic E-state index is 13.0. The number of hydrogen-bond donors (Lipinski definition) is 0. The summed E-state index contributed by atoms with van der Waals surface area (Å²) in [6.07, 6.45) is 0. The molecule has 1 aliphatic rings. The van der Waals surface area contributed by atoms with Gasteiger partial charge in [-0.1, -0.05) is 18.2 Å². The minimum Gasteiger partial charge on any atom is -0.336 e. The Morgan fingerprint density at radius 2 is 1.46 bits per heavy atom. The maximum absolute atomic E-state index is 13.0. The van der Waals surface area contributed by atoms with Gasteiger partial charge in [0.15, 0.2) is 0 Å². The van der Waals surface area contributed by atoms with Crippen molar-refractivity contribution in [1.82, 2.24) is 9.21 Å². The number of sulfonamides is 1. The molecule has 0 N–H and O–H groups in total. The Morgan fingerprint density at radius 3 is 2.00 bits per heavy atom. The highest BCUT2D eigenvalue weighted by Crippen LogP contribution is 2.24. The average Bonchev–Trinajstić information content (AvgIpc) is 2.61. The van der Waals surface area contributed by atoms with Gasteiger partial charge in [-0.15, -0.1) is 0 Å². The number of halogens is 1. The lowest BCUT2D eigenvalue weighted by molar-refractivity contribution is 0.0698. The minimum atomic E-state index is -3.60. The number of hydrogen-bond acceptors (Lipinski definition) is 3. The minimum absolute atomic E-state index is 0.214. The Balaban J connectivity index is 1.74. The summed E-state index contributed by atoms with van der Waals surface area (Å²) >= 11 is 0. The van der Waals surface area contributed by atoms with E-state index in [1.54, 1.807) is 30.9 Å². The van der Waals surface area contributed by atoms with E-state index in [2.05, 4.69) is 0 Å². The third-order valence-corrected chi connectivity index (χ3v) is 6.83. The smallest absolute Gasteiger partial charge is 0.253 e. The molecule has 0 bridgehead atoms. The molecule has 1 heterocycles. The fourth-order valence-electron chi connectivity index (χ4n) is 3.24. The van der Waals surface area contributed by atoms with Crippen LogP contribution in [0.5, 0.6) is 0 Å². The summed E-state index contributed by atoms with van der Waals surface area (Å²) in [6.45, 7) is 4.66. The van der Waals surface area contributed by atoms with Crippen molar-refractivity contribution in [2.45, 2.75) is 18.7 Å².